The number of fused-ring (bicyclic) bond motifs is 1. The fraction of sp³-hybridized carbons (Fsp3) is 0.280. The average molecular weight is 535 g/mol. The number of nitrogens with zero attached hydrogens (tertiary/aromatic N) is 2. The van der Waals surface area contributed by atoms with Gasteiger partial charge in [0.15, 0.2) is 5.69 Å². The summed E-state index contributed by atoms with van der Waals surface area (Å²) in [6, 6.07) is 11.7. The van der Waals surface area contributed by atoms with Gasteiger partial charge in [-0.3, -0.25) is 9.78 Å². The largest absolute Gasteiger partial charge is 0.497 e. The molecule has 2 aromatic carbocycles. The van der Waals surface area contributed by atoms with Gasteiger partial charge in [0, 0.05) is 41.8 Å². The van der Waals surface area contributed by atoms with Crippen LogP contribution in [0.15, 0.2) is 48.7 Å². The van der Waals surface area contributed by atoms with E-state index in [1.807, 2.05) is 12.1 Å². The molecule has 0 fully saturated rings. The lowest BCUT2D eigenvalue weighted by atomic mass is 9.87. The first kappa shape index (κ1) is 24.1. The molecule has 4 rings (SSSR count). The Morgan fingerprint density at radius 2 is 1.68 bits per heavy atom. The van der Waals surface area contributed by atoms with Crippen molar-refractivity contribution >= 4 is 21.8 Å². The smallest absolute Gasteiger partial charge is 0.433 e. The highest BCUT2D eigenvalue weighted by atomic mass is 79.9. The van der Waals surface area contributed by atoms with Crippen molar-refractivity contribution in [2.24, 2.45) is 0 Å². The van der Waals surface area contributed by atoms with Gasteiger partial charge < -0.3 is 14.4 Å². The molecule has 1 aromatic heterocycles. The van der Waals surface area contributed by atoms with E-state index in [-0.39, 0.29) is 11.5 Å². The number of carbonyl (C=O) groups excluding carboxylic acids is 1. The first-order chi connectivity index (χ1) is 16.2. The van der Waals surface area contributed by atoms with Crippen molar-refractivity contribution in [3.05, 3.63) is 76.6 Å². The number of amides is 1. The van der Waals surface area contributed by atoms with Crippen molar-refractivity contribution in [2.75, 3.05) is 20.8 Å². The summed E-state index contributed by atoms with van der Waals surface area (Å²) in [5, 5.41) is 0.398. The molecule has 1 aliphatic rings. The highest BCUT2D eigenvalue weighted by molar-refractivity contribution is 9.08. The van der Waals surface area contributed by atoms with E-state index in [1.54, 1.807) is 37.3 Å². The van der Waals surface area contributed by atoms with Crippen LogP contribution in [0.2, 0.25) is 0 Å². The van der Waals surface area contributed by atoms with Crippen molar-refractivity contribution < 1.29 is 27.4 Å². The third kappa shape index (κ3) is 4.75. The van der Waals surface area contributed by atoms with Crippen molar-refractivity contribution in [3.63, 3.8) is 0 Å². The van der Waals surface area contributed by atoms with Crippen LogP contribution in [0.25, 0.3) is 11.1 Å². The maximum Gasteiger partial charge on any atom is 0.433 e. The topological polar surface area (TPSA) is 51.7 Å². The monoisotopic (exact) mass is 534 g/mol. The SMILES string of the molecule is COc1cc(CN2CCc3c(cc(CBr)cc3-c3cccnc3C(F)(F)F)C2=O)cc(OC)c1. The lowest BCUT2D eigenvalue weighted by molar-refractivity contribution is -0.140. The summed E-state index contributed by atoms with van der Waals surface area (Å²) in [5.41, 5.74) is 1.97. The summed E-state index contributed by atoms with van der Waals surface area (Å²) in [5.74, 6) is 0.989. The highest BCUT2D eigenvalue weighted by Crippen LogP contribution is 2.39. The molecule has 34 heavy (non-hydrogen) atoms. The predicted molar refractivity (Wildman–Crippen MR) is 125 cm³/mol. The second-order valence-electron chi connectivity index (χ2n) is 7.90. The molecule has 0 saturated heterocycles. The second-order valence-corrected chi connectivity index (χ2v) is 8.46. The summed E-state index contributed by atoms with van der Waals surface area (Å²) in [6.07, 6.45) is -3.06. The fourth-order valence-electron chi connectivity index (χ4n) is 4.21. The number of ether oxygens (including phenoxy) is 2. The molecule has 9 heteroatoms. The summed E-state index contributed by atoms with van der Waals surface area (Å²) < 4.78 is 51.7. The Kier molecular flexibility index (Phi) is 6.84. The number of carbonyl (C=O) groups is 1. The van der Waals surface area contributed by atoms with Crippen molar-refractivity contribution in [1.82, 2.24) is 9.88 Å². The fourth-order valence-corrected chi connectivity index (χ4v) is 4.53. The van der Waals surface area contributed by atoms with Gasteiger partial charge in [-0.25, -0.2) is 0 Å². The standard InChI is InChI=1S/C25H22BrF3N2O3/c1-33-17-8-16(9-18(12-17)34-2)14-31-7-5-19-21(10-15(13-26)11-22(19)24(31)32)20-4-3-6-30-23(20)25(27,28)29/h3-4,6,8-12H,5,7,13-14H2,1-2H3. The summed E-state index contributed by atoms with van der Waals surface area (Å²) in [7, 11) is 3.11. The minimum absolute atomic E-state index is 0.0205. The van der Waals surface area contributed by atoms with Gasteiger partial charge in [-0.1, -0.05) is 22.0 Å². The Morgan fingerprint density at radius 3 is 2.29 bits per heavy atom. The number of halogens is 4. The van der Waals surface area contributed by atoms with Gasteiger partial charge in [0.05, 0.1) is 14.2 Å². The van der Waals surface area contributed by atoms with Gasteiger partial charge in [0.25, 0.3) is 5.91 Å². The zero-order valence-corrected chi connectivity index (χ0v) is 20.2. The summed E-state index contributed by atoms with van der Waals surface area (Å²) in [4.78, 5) is 18.8. The number of methoxy groups -OCH3 is 2. The number of aromatic nitrogens is 1. The molecule has 1 aliphatic heterocycles. The molecule has 0 atom stereocenters. The quantitative estimate of drug-likeness (QED) is 0.370. The third-order valence-electron chi connectivity index (χ3n) is 5.76. The van der Waals surface area contributed by atoms with Crippen LogP contribution in [0.3, 0.4) is 0 Å². The van der Waals surface area contributed by atoms with Gasteiger partial charge >= 0.3 is 6.18 Å². The molecule has 5 nitrogen and oxygen atoms in total. The van der Waals surface area contributed by atoms with Crippen LogP contribution in [0.1, 0.15) is 32.7 Å². The van der Waals surface area contributed by atoms with Gasteiger partial charge in [0.2, 0.25) is 0 Å². The maximum absolute atomic E-state index is 13.7. The molecule has 1 amide bonds. The minimum atomic E-state index is -4.61. The first-order valence-electron chi connectivity index (χ1n) is 10.5. The molecule has 3 aromatic rings. The Hall–Kier alpha value is -3.07. The van der Waals surface area contributed by atoms with E-state index in [1.165, 1.54) is 12.1 Å². The van der Waals surface area contributed by atoms with Crippen LogP contribution in [-0.4, -0.2) is 36.6 Å². The zero-order valence-electron chi connectivity index (χ0n) is 18.6. The van der Waals surface area contributed by atoms with Crippen LogP contribution >= 0.6 is 15.9 Å². The Labute approximate surface area is 203 Å². The summed E-state index contributed by atoms with van der Waals surface area (Å²) in [6.45, 7) is 0.689. The summed E-state index contributed by atoms with van der Waals surface area (Å²) >= 11 is 3.38. The molecule has 0 unspecified atom stereocenters. The van der Waals surface area contributed by atoms with Crippen molar-refractivity contribution in [1.29, 1.82) is 0 Å². The van der Waals surface area contributed by atoms with Crippen molar-refractivity contribution in [3.8, 4) is 22.6 Å². The number of hydrogen-bond donors (Lipinski definition) is 0. The van der Waals surface area contributed by atoms with Crippen LogP contribution in [-0.2, 0) is 24.5 Å². The molecule has 0 bridgehead atoms. The normalized spacial score (nSPS) is 13.6. The molecule has 0 aliphatic carbocycles. The van der Waals surface area contributed by atoms with Crippen LogP contribution in [0, 0.1) is 0 Å². The van der Waals surface area contributed by atoms with E-state index >= 15 is 0 Å². The molecular formula is C25H22BrF3N2O3. The van der Waals surface area contributed by atoms with Gasteiger partial charge in [0.1, 0.15) is 11.5 Å². The maximum atomic E-state index is 13.7. The van der Waals surface area contributed by atoms with Crippen LogP contribution < -0.4 is 9.47 Å². The lowest BCUT2D eigenvalue weighted by Crippen LogP contribution is -2.37. The molecule has 0 spiro atoms. The molecule has 0 N–H and O–H groups in total. The average Bonchev–Trinajstić information content (AvgIpc) is 2.84. The molecule has 2 heterocycles. The highest BCUT2D eigenvalue weighted by Gasteiger charge is 2.37. The Morgan fingerprint density at radius 1 is 1.00 bits per heavy atom. The van der Waals surface area contributed by atoms with Gasteiger partial charge in [-0.15, -0.1) is 0 Å². The first-order valence-corrected chi connectivity index (χ1v) is 11.6. The van der Waals surface area contributed by atoms with E-state index in [9.17, 15) is 18.0 Å². The number of alkyl halides is 4. The molecule has 178 valence electrons. The lowest BCUT2D eigenvalue weighted by Gasteiger charge is -2.31. The van der Waals surface area contributed by atoms with Gasteiger partial charge in [-0.2, -0.15) is 13.2 Å². The molecular weight excluding hydrogens is 513 g/mol. The van der Waals surface area contributed by atoms with Crippen molar-refractivity contribution in [2.45, 2.75) is 24.5 Å². The molecule has 0 saturated carbocycles. The minimum Gasteiger partial charge on any atom is -0.497 e. The van der Waals surface area contributed by atoms with E-state index in [4.69, 9.17) is 9.47 Å². The Balaban J connectivity index is 1.75. The van der Waals surface area contributed by atoms with Gasteiger partial charge in [-0.05, 0) is 59.0 Å². The third-order valence-corrected chi connectivity index (χ3v) is 6.41. The Bertz CT molecular complexity index is 1210. The number of hydrogen-bond acceptors (Lipinski definition) is 4. The van der Waals surface area contributed by atoms with E-state index in [2.05, 4.69) is 20.9 Å². The van der Waals surface area contributed by atoms with Crippen LogP contribution in [0.4, 0.5) is 13.2 Å². The predicted octanol–water partition coefficient (Wildman–Crippen LogP) is 5.88. The van der Waals surface area contributed by atoms with E-state index in [0.29, 0.717) is 58.6 Å². The van der Waals surface area contributed by atoms with Crippen LogP contribution in [0.5, 0.6) is 11.5 Å². The van der Waals surface area contributed by atoms with E-state index in [0.717, 1.165) is 11.8 Å². The second kappa shape index (κ2) is 9.66. The number of pyridine rings is 1. The number of benzene rings is 2. The molecule has 0 radical (unpaired) electrons. The number of rotatable bonds is 6. The zero-order chi connectivity index (χ0) is 24.5. The van der Waals surface area contributed by atoms with E-state index < -0.39 is 11.9 Å².